The number of methoxy groups -OCH3 is 1. The van der Waals surface area contributed by atoms with Crippen molar-refractivity contribution in [3.8, 4) is 0 Å². The summed E-state index contributed by atoms with van der Waals surface area (Å²) in [6.07, 6.45) is 0. The molecule has 1 aliphatic rings. The number of hydroxylamine groups is 1. The Hall–Kier alpha value is -2.79. The third kappa shape index (κ3) is 2.91. The van der Waals surface area contributed by atoms with Crippen molar-refractivity contribution < 1.29 is 19.5 Å². The van der Waals surface area contributed by atoms with Gasteiger partial charge < -0.3 is 9.84 Å². The van der Waals surface area contributed by atoms with Crippen LogP contribution in [-0.2, 0) is 14.4 Å². The van der Waals surface area contributed by atoms with Gasteiger partial charge in [-0.2, -0.15) is 0 Å². The lowest BCUT2D eigenvalue weighted by molar-refractivity contribution is -0.137. The van der Waals surface area contributed by atoms with Crippen LogP contribution >= 0.6 is 0 Å². The van der Waals surface area contributed by atoms with E-state index in [2.05, 4.69) is 0 Å². The number of carbonyl (C=O) groups excluding carboxylic acids is 1. The number of aliphatic hydroxyl groups is 1. The largest absolute Gasteiger partial charge is 0.509 e. The second-order valence-corrected chi connectivity index (χ2v) is 5.10. The van der Waals surface area contributed by atoms with E-state index >= 15 is 0 Å². The van der Waals surface area contributed by atoms with E-state index in [4.69, 9.17) is 9.57 Å². The average molecular weight is 311 g/mol. The maximum Gasteiger partial charge on any atom is 0.339 e. The minimum atomic E-state index is -0.584. The number of para-hydroxylation sites is 1. The summed E-state index contributed by atoms with van der Waals surface area (Å²) in [6, 6.07) is 18.3. The summed E-state index contributed by atoms with van der Waals surface area (Å²) in [7, 11) is 1.30. The molecule has 0 saturated heterocycles. The van der Waals surface area contributed by atoms with E-state index in [0.717, 1.165) is 11.3 Å². The highest BCUT2D eigenvalue weighted by Crippen LogP contribution is 2.37. The summed E-state index contributed by atoms with van der Waals surface area (Å²) in [5.74, 6) is -0.682. The smallest absolute Gasteiger partial charge is 0.339 e. The minimum Gasteiger partial charge on any atom is -0.509 e. The van der Waals surface area contributed by atoms with Crippen LogP contribution in [0.5, 0.6) is 0 Å². The first-order valence-electron chi connectivity index (χ1n) is 7.25. The van der Waals surface area contributed by atoms with Crippen molar-refractivity contribution in [2.75, 3.05) is 18.8 Å². The van der Waals surface area contributed by atoms with Gasteiger partial charge in [-0.05, 0) is 17.7 Å². The van der Waals surface area contributed by atoms with Crippen molar-refractivity contribution in [3.05, 3.63) is 77.6 Å². The Kier molecular flexibility index (Phi) is 4.30. The fourth-order valence-electron chi connectivity index (χ4n) is 2.63. The molecule has 0 radical (unpaired) electrons. The third-order valence-electron chi connectivity index (χ3n) is 3.69. The third-order valence-corrected chi connectivity index (χ3v) is 3.69. The number of anilines is 1. The van der Waals surface area contributed by atoms with E-state index in [1.807, 2.05) is 60.7 Å². The minimum absolute atomic E-state index is 0.0807. The van der Waals surface area contributed by atoms with E-state index in [-0.39, 0.29) is 17.9 Å². The summed E-state index contributed by atoms with van der Waals surface area (Å²) in [5, 5.41) is 11.8. The fraction of sp³-hybridized carbons (Fsp3) is 0.167. The van der Waals surface area contributed by atoms with Gasteiger partial charge in [0.2, 0.25) is 0 Å². The Bertz CT molecular complexity index is 712. The average Bonchev–Trinajstić information content (AvgIpc) is 2.62. The molecule has 1 aliphatic heterocycles. The standard InChI is InChI=1S/C18H17NO4/c1-22-18(21)16-15(20)12-23-19(14-10-6-3-7-11-14)17(16)13-8-4-2-5-9-13/h2-11,17,20H,12H2,1H3/t17-/m0/s1. The van der Waals surface area contributed by atoms with Crippen LogP contribution in [0.25, 0.3) is 0 Å². The Morgan fingerprint density at radius 1 is 1.13 bits per heavy atom. The molecule has 23 heavy (non-hydrogen) atoms. The molecule has 118 valence electrons. The van der Waals surface area contributed by atoms with Gasteiger partial charge >= 0.3 is 5.97 Å². The second kappa shape index (κ2) is 6.54. The Morgan fingerprint density at radius 2 is 1.74 bits per heavy atom. The molecule has 1 atom stereocenters. The predicted octanol–water partition coefficient (Wildman–Crippen LogP) is 3.16. The van der Waals surface area contributed by atoms with E-state index in [1.165, 1.54) is 7.11 Å². The number of aliphatic hydroxyl groups excluding tert-OH is 1. The number of esters is 1. The Morgan fingerprint density at radius 3 is 2.35 bits per heavy atom. The van der Waals surface area contributed by atoms with Crippen LogP contribution in [0.2, 0.25) is 0 Å². The topological polar surface area (TPSA) is 59.0 Å². The van der Waals surface area contributed by atoms with Crippen LogP contribution in [0.4, 0.5) is 5.69 Å². The number of rotatable bonds is 3. The molecule has 5 heteroatoms. The molecule has 2 aromatic rings. The lowest BCUT2D eigenvalue weighted by Crippen LogP contribution is -2.38. The molecule has 0 fully saturated rings. The zero-order valence-electron chi connectivity index (χ0n) is 12.7. The molecule has 0 aromatic heterocycles. The zero-order chi connectivity index (χ0) is 16.2. The molecular weight excluding hydrogens is 294 g/mol. The van der Waals surface area contributed by atoms with Gasteiger partial charge in [0.25, 0.3) is 0 Å². The monoisotopic (exact) mass is 311 g/mol. The molecule has 0 spiro atoms. The lowest BCUT2D eigenvalue weighted by Gasteiger charge is -2.37. The quantitative estimate of drug-likeness (QED) is 0.882. The number of hydrogen-bond donors (Lipinski definition) is 1. The molecule has 3 rings (SSSR count). The highest BCUT2D eigenvalue weighted by Gasteiger charge is 2.37. The van der Waals surface area contributed by atoms with E-state index < -0.39 is 12.0 Å². The number of benzene rings is 2. The maximum atomic E-state index is 12.2. The molecule has 0 unspecified atom stereocenters. The van der Waals surface area contributed by atoms with Gasteiger partial charge in [-0.15, -0.1) is 0 Å². The number of nitrogens with zero attached hydrogens (tertiary/aromatic N) is 1. The van der Waals surface area contributed by atoms with Crippen molar-refractivity contribution in [1.82, 2.24) is 0 Å². The van der Waals surface area contributed by atoms with Crippen LogP contribution in [-0.4, -0.2) is 24.8 Å². The molecular formula is C18H17NO4. The maximum absolute atomic E-state index is 12.2. The molecule has 1 heterocycles. The van der Waals surface area contributed by atoms with Gasteiger partial charge in [-0.3, -0.25) is 4.84 Å². The first-order valence-corrected chi connectivity index (χ1v) is 7.25. The van der Waals surface area contributed by atoms with Crippen LogP contribution in [0.3, 0.4) is 0 Å². The van der Waals surface area contributed by atoms with Gasteiger partial charge in [0, 0.05) is 0 Å². The normalized spacial score (nSPS) is 18.0. The summed E-state index contributed by atoms with van der Waals surface area (Å²) >= 11 is 0. The van der Waals surface area contributed by atoms with Crippen LogP contribution in [0, 0.1) is 0 Å². The van der Waals surface area contributed by atoms with Gasteiger partial charge in [-0.25, -0.2) is 9.86 Å². The fourth-order valence-corrected chi connectivity index (χ4v) is 2.63. The summed E-state index contributed by atoms with van der Waals surface area (Å²) < 4.78 is 4.86. The zero-order valence-corrected chi connectivity index (χ0v) is 12.7. The molecule has 0 saturated carbocycles. The highest BCUT2D eigenvalue weighted by molar-refractivity contribution is 5.91. The number of carbonyl (C=O) groups is 1. The van der Waals surface area contributed by atoms with Gasteiger partial charge in [0.1, 0.15) is 24.0 Å². The van der Waals surface area contributed by atoms with Crippen LogP contribution in [0.1, 0.15) is 11.6 Å². The van der Waals surface area contributed by atoms with Crippen molar-refractivity contribution in [3.63, 3.8) is 0 Å². The predicted molar refractivity (Wildman–Crippen MR) is 85.7 cm³/mol. The summed E-state index contributed by atoms with van der Waals surface area (Å²) in [4.78, 5) is 17.9. The van der Waals surface area contributed by atoms with E-state index in [1.54, 1.807) is 5.06 Å². The first-order chi connectivity index (χ1) is 11.2. The molecule has 0 amide bonds. The van der Waals surface area contributed by atoms with Crippen molar-refractivity contribution >= 4 is 11.7 Å². The second-order valence-electron chi connectivity index (χ2n) is 5.10. The summed E-state index contributed by atoms with van der Waals surface area (Å²) in [6.45, 7) is -0.0807. The lowest BCUT2D eigenvalue weighted by atomic mass is 9.95. The molecule has 2 aromatic carbocycles. The van der Waals surface area contributed by atoms with Crippen LogP contribution in [0.15, 0.2) is 72.0 Å². The number of hydrogen-bond acceptors (Lipinski definition) is 5. The molecule has 0 bridgehead atoms. The number of ether oxygens (including phenoxy) is 1. The molecule has 5 nitrogen and oxygen atoms in total. The van der Waals surface area contributed by atoms with Crippen molar-refractivity contribution in [1.29, 1.82) is 0 Å². The van der Waals surface area contributed by atoms with E-state index in [9.17, 15) is 9.90 Å². The van der Waals surface area contributed by atoms with Gasteiger partial charge in [0.15, 0.2) is 0 Å². The molecule has 1 N–H and O–H groups in total. The van der Waals surface area contributed by atoms with Crippen molar-refractivity contribution in [2.24, 2.45) is 0 Å². The highest BCUT2D eigenvalue weighted by atomic mass is 16.7. The van der Waals surface area contributed by atoms with Gasteiger partial charge in [-0.1, -0.05) is 48.5 Å². The van der Waals surface area contributed by atoms with Crippen molar-refractivity contribution in [2.45, 2.75) is 6.04 Å². The van der Waals surface area contributed by atoms with Crippen LogP contribution < -0.4 is 5.06 Å². The Labute approximate surface area is 134 Å². The SMILES string of the molecule is COC(=O)C1=C(O)CON(c2ccccc2)[C@H]1c1ccccc1. The molecule has 0 aliphatic carbocycles. The first kappa shape index (κ1) is 15.1. The van der Waals surface area contributed by atoms with Gasteiger partial charge in [0.05, 0.1) is 12.8 Å². The Balaban J connectivity index is 2.13. The summed E-state index contributed by atoms with van der Waals surface area (Å²) in [5.41, 5.74) is 1.80. The van der Waals surface area contributed by atoms with E-state index in [0.29, 0.717) is 0 Å².